The lowest BCUT2D eigenvalue weighted by molar-refractivity contribution is -0.120. The molecule has 1 saturated heterocycles. The van der Waals surface area contributed by atoms with Gasteiger partial charge in [-0.05, 0) is 69.0 Å². The Morgan fingerprint density at radius 1 is 1.11 bits per heavy atom. The van der Waals surface area contributed by atoms with Crippen molar-refractivity contribution in [3.05, 3.63) is 76.4 Å². The summed E-state index contributed by atoms with van der Waals surface area (Å²) in [7, 11) is -3.91. The zero-order valence-electron chi connectivity index (χ0n) is 19.9. The zero-order chi connectivity index (χ0) is 25.2. The van der Waals surface area contributed by atoms with Crippen molar-refractivity contribution < 1.29 is 22.1 Å². The van der Waals surface area contributed by atoms with Crippen LogP contribution in [0.15, 0.2) is 51.9 Å². The Kier molecular flexibility index (Phi) is 7.18. The second-order valence-corrected chi connectivity index (χ2v) is 10.7. The van der Waals surface area contributed by atoms with Crippen molar-refractivity contribution in [1.29, 1.82) is 0 Å². The van der Waals surface area contributed by atoms with E-state index in [1.807, 2.05) is 32.0 Å². The number of piperidine rings is 1. The van der Waals surface area contributed by atoms with E-state index in [2.05, 4.69) is 10.5 Å². The minimum Gasteiger partial charge on any atom is -0.355 e. The largest absolute Gasteiger partial charge is 0.355 e. The number of nitrogens with zero attached hydrogens (tertiary/aromatic N) is 2. The van der Waals surface area contributed by atoms with Crippen molar-refractivity contribution in [1.82, 2.24) is 9.46 Å². The van der Waals surface area contributed by atoms with Gasteiger partial charge in [-0.3, -0.25) is 4.79 Å². The van der Waals surface area contributed by atoms with E-state index in [9.17, 15) is 17.6 Å². The average Bonchev–Trinajstić information content (AvgIpc) is 3.22. The lowest BCUT2D eigenvalue weighted by atomic mass is 9.97. The third-order valence-electron chi connectivity index (χ3n) is 6.23. The SMILES string of the molecule is Cc1ccc(C)c(NC(=O)C2CCN(S(=O)(=O)c3c(C)noc3/C=C/c3ccccc3F)CC2)c1. The number of benzene rings is 2. The van der Waals surface area contributed by atoms with Crippen LogP contribution in [0.4, 0.5) is 10.1 Å². The summed E-state index contributed by atoms with van der Waals surface area (Å²) in [5.41, 5.74) is 3.34. The monoisotopic (exact) mass is 497 g/mol. The number of carbonyl (C=O) groups excluding carboxylic acids is 1. The molecule has 4 rings (SSSR count). The highest BCUT2D eigenvalue weighted by Gasteiger charge is 2.36. The third-order valence-corrected chi connectivity index (χ3v) is 8.28. The van der Waals surface area contributed by atoms with E-state index in [0.717, 1.165) is 16.8 Å². The quantitative estimate of drug-likeness (QED) is 0.520. The van der Waals surface area contributed by atoms with Crippen LogP contribution >= 0.6 is 0 Å². The number of sulfonamides is 1. The van der Waals surface area contributed by atoms with E-state index in [4.69, 9.17) is 4.52 Å². The molecule has 1 fully saturated rings. The molecule has 0 spiro atoms. The molecule has 9 heteroatoms. The summed E-state index contributed by atoms with van der Waals surface area (Å²) in [6.07, 6.45) is 3.68. The van der Waals surface area contributed by atoms with Crippen molar-refractivity contribution in [2.75, 3.05) is 18.4 Å². The molecule has 1 N–H and O–H groups in total. The Labute approximate surface area is 204 Å². The number of rotatable bonds is 6. The summed E-state index contributed by atoms with van der Waals surface area (Å²) >= 11 is 0. The van der Waals surface area contributed by atoms with Crippen LogP contribution in [0.5, 0.6) is 0 Å². The van der Waals surface area contributed by atoms with Crippen LogP contribution < -0.4 is 5.32 Å². The van der Waals surface area contributed by atoms with Crippen LogP contribution in [0.2, 0.25) is 0 Å². The molecule has 184 valence electrons. The van der Waals surface area contributed by atoms with Gasteiger partial charge >= 0.3 is 0 Å². The summed E-state index contributed by atoms with van der Waals surface area (Å²) < 4.78 is 47.4. The molecule has 1 aromatic heterocycles. The second kappa shape index (κ2) is 10.1. The van der Waals surface area contributed by atoms with Crippen molar-refractivity contribution in [2.24, 2.45) is 5.92 Å². The highest BCUT2D eigenvalue weighted by molar-refractivity contribution is 7.89. The highest BCUT2D eigenvalue weighted by Crippen LogP contribution is 2.30. The standard InChI is InChI=1S/C26H28FN3O4S/c1-17-8-9-18(2)23(16-17)28-26(31)21-12-14-30(15-13-21)35(32,33)25-19(3)29-34-24(25)11-10-20-6-4-5-7-22(20)27/h4-11,16,21H,12-15H2,1-3H3,(H,28,31)/b11-10+. The average molecular weight is 498 g/mol. The Hall–Kier alpha value is -3.30. The molecule has 3 aromatic rings. The van der Waals surface area contributed by atoms with Crippen LogP contribution in [-0.2, 0) is 14.8 Å². The van der Waals surface area contributed by atoms with Gasteiger partial charge in [-0.15, -0.1) is 0 Å². The number of hydrogen-bond donors (Lipinski definition) is 1. The predicted octanol–water partition coefficient (Wildman–Crippen LogP) is 4.95. The number of carbonyl (C=O) groups is 1. The Balaban J connectivity index is 1.46. The third kappa shape index (κ3) is 5.36. The maximum absolute atomic E-state index is 13.9. The molecule has 0 atom stereocenters. The molecule has 1 amide bonds. The van der Waals surface area contributed by atoms with Crippen molar-refractivity contribution >= 4 is 33.8 Å². The number of hydrogen-bond acceptors (Lipinski definition) is 5. The fourth-order valence-electron chi connectivity index (χ4n) is 4.17. The van der Waals surface area contributed by atoms with Crippen LogP contribution in [0, 0.1) is 32.5 Å². The Morgan fingerprint density at radius 3 is 2.54 bits per heavy atom. The van der Waals surface area contributed by atoms with Crippen molar-refractivity contribution in [3.63, 3.8) is 0 Å². The molecule has 0 radical (unpaired) electrons. The van der Waals surface area contributed by atoms with Gasteiger partial charge in [0, 0.05) is 30.3 Å². The lowest BCUT2D eigenvalue weighted by Gasteiger charge is -2.30. The molecule has 0 unspecified atom stereocenters. The second-order valence-electron chi connectivity index (χ2n) is 8.80. The van der Waals surface area contributed by atoms with Gasteiger partial charge in [0.15, 0.2) is 10.7 Å². The number of aromatic nitrogens is 1. The van der Waals surface area contributed by atoms with Gasteiger partial charge in [0.2, 0.25) is 15.9 Å². The maximum atomic E-state index is 13.9. The number of anilines is 1. The predicted molar refractivity (Wildman–Crippen MR) is 133 cm³/mol. The van der Waals surface area contributed by atoms with Crippen molar-refractivity contribution in [3.8, 4) is 0 Å². The zero-order valence-corrected chi connectivity index (χ0v) is 20.7. The summed E-state index contributed by atoms with van der Waals surface area (Å²) in [5.74, 6) is -0.776. The Bertz CT molecular complexity index is 1370. The van der Waals surface area contributed by atoms with Gasteiger partial charge in [0.05, 0.1) is 0 Å². The van der Waals surface area contributed by atoms with E-state index in [-0.39, 0.29) is 41.3 Å². The fourth-order valence-corrected chi connectivity index (χ4v) is 5.89. The topological polar surface area (TPSA) is 92.5 Å². The number of halogens is 1. The minimum absolute atomic E-state index is 0.0385. The Morgan fingerprint density at radius 2 is 1.83 bits per heavy atom. The first kappa shape index (κ1) is 24.8. The van der Waals surface area contributed by atoms with Crippen molar-refractivity contribution in [2.45, 2.75) is 38.5 Å². The molecule has 7 nitrogen and oxygen atoms in total. The molecule has 1 aliphatic heterocycles. The van der Waals surface area contributed by atoms with E-state index in [0.29, 0.717) is 18.4 Å². The first-order valence-electron chi connectivity index (χ1n) is 11.4. The van der Waals surface area contributed by atoms with Crippen LogP contribution in [-0.4, -0.2) is 36.9 Å². The summed E-state index contributed by atoms with van der Waals surface area (Å²) in [4.78, 5) is 12.8. The minimum atomic E-state index is -3.91. The first-order chi connectivity index (χ1) is 16.7. The molecule has 2 heterocycles. The number of nitrogens with one attached hydrogen (secondary N) is 1. The van der Waals surface area contributed by atoms with Crippen LogP contribution in [0.25, 0.3) is 12.2 Å². The molecular weight excluding hydrogens is 469 g/mol. The van der Waals surface area contributed by atoms with E-state index in [1.165, 1.54) is 22.5 Å². The van der Waals surface area contributed by atoms with Gasteiger partial charge < -0.3 is 9.84 Å². The van der Waals surface area contributed by atoms with Gasteiger partial charge in [0.25, 0.3) is 0 Å². The summed E-state index contributed by atoms with van der Waals surface area (Å²) in [6, 6.07) is 12.0. The molecule has 1 aliphatic rings. The number of amides is 1. The van der Waals surface area contributed by atoms with Crippen LogP contribution in [0.3, 0.4) is 0 Å². The van der Waals surface area contributed by atoms with Gasteiger partial charge in [-0.25, -0.2) is 12.8 Å². The molecule has 2 aromatic carbocycles. The molecule has 0 bridgehead atoms. The number of aryl methyl sites for hydroxylation is 3. The molecule has 35 heavy (non-hydrogen) atoms. The van der Waals surface area contributed by atoms with Gasteiger partial charge in [-0.1, -0.05) is 35.5 Å². The van der Waals surface area contributed by atoms with Gasteiger partial charge in [-0.2, -0.15) is 4.31 Å². The normalized spacial score (nSPS) is 15.5. The van der Waals surface area contributed by atoms with E-state index < -0.39 is 15.8 Å². The maximum Gasteiger partial charge on any atom is 0.248 e. The van der Waals surface area contributed by atoms with Gasteiger partial charge in [0.1, 0.15) is 11.5 Å². The summed E-state index contributed by atoms with van der Waals surface area (Å²) in [5, 5.41) is 6.81. The van der Waals surface area contributed by atoms with E-state index in [1.54, 1.807) is 25.1 Å². The molecule has 0 aliphatic carbocycles. The molecule has 0 saturated carbocycles. The molecular formula is C26H28FN3O4S. The first-order valence-corrected chi connectivity index (χ1v) is 12.9. The summed E-state index contributed by atoms with van der Waals surface area (Å²) in [6.45, 7) is 5.86. The highest BCUT2D eigenvalue weighted by atomic mass is 32.2. The fraction of sp³-hybridized carbons (Fsp3) is 0.308. The lowest BCUT2D eigenvalue weighted by Crippen LogP contribution is -2.41. The van der Waals surface area contributed by atoms with Crippen LogP contribution in [0.1, 0.15) is 41.0 Å². The smallest absolute Gasteiger partial charge is 0.248 e. The van der Waals surface area contributed by atoms with E-state index >= 15 is 0 Å².